The summed E-state index contributed by atoms with van der Waals surface area (Å²) in [5.74, 6) is 1.12. The summed E-state index contributed by atoms with van der Waals surface area (Å²) in [7, 11) is 3.20. The molecule has 0 saturated carbocycles. The van der Waals surface area contributed by atoms with Crippen LogP contribution in [0.5, 0.6) is 11.5 Å². The highest BCUT2D eigenvalue weighted by molar-refractivity contribution is 6.03. The van der Waals surface area contributed by atoms with Crippen LogP contribution in [0.1, 0.15) is 21.7 Å². The molecule has 128 valence electrons. The average Bonchev–Trinajstić information content (AvgIpc) is 3.11. The number of amides is 1. The first-order chi connectivity index (χ1) is 12.2. The van der Waals surface area contributed by atoms with Gasteiger partial charge in [-0.1, -0.05) is 24.3 Å². The van der Waals surface area contributed by atoms with Crippen LogP contribution in [-0.4, -0.2) is 30.3 Å². The molecule has 6 nitrogen and oxygen atoms in total. The number of aromatic amines is 1. The van der Waals surface area contributed by atoms with Gasteiger partial charge in [-0.25, -0.2) is 0 Å². The van der Waals surface area contributed by atoms with Crippen LogP contribution < -0.4 is 14.8 Å². The number of hydrogen-bond acceptors (Lipinski definition) is 4. The number of ether oxygens (including phenoxy) is 2. The van der Waals surface area contributed by atoms with Gasteiger partial charge in [0.15, 0.2) is 5.69 Å². The smallest absolute Gasteiger partial charge is 0.276 e. The van der Waals surface area contributed by atoms with Gasteiger partial charge in [-0.15, -0.1) is 0 Å². The van der Waals surface area contributed by atoms with Gasteiger partial charge in [-0.05, 0) is 35.9 Å². The largest absolute Gasteiger partial charge is 0.497 e. The van der Waals surface area contributed by atoms with E-state index in [9.17, 15) is 4.79 Å². The van der Waals surface area contributed by atoms with Crippen molar-refractivity contribution in [3.8, 4) is 11.5 Å². The van der Waals surface area contributed by atoms with Crippen LogP contribution in [0.15, 0.2) is 54.6 Å². The third kappa shape index (κ3) is 3.98. The number of aromatic nitrogens is 2. The molecule has 3 rings (SSSR count). The summed E-state index contributed by atoms with van der Waals surface area (Å²) in [4.78, 5) is 12.4. The maximum atomic E-state index is 12.4. The number of nitrogens with one attached hydrogen (secondary N) is 2. The Balaban J connectivity index is 1.68. The number of anilines is 1. The molecule has 3 aromatic rings. The van der Waals surface area contributed by atoms with Crippen molar-refractivity contribution in [3.05, 3.63) is 71.5 Å². The zero-order valence-corrected chi connectivity index (χ0v) is 14.1. The number of hydrogen-bond donors (Lipinski definition) is 2. The van der Waals surface area contributed by atoms with E-state index in [0.29, 0.717) is 23.6 Å². The SMILES string of the molecule is COc1ccc(Cc2cc(C(=O)Nc3ccccc3OC)n[nH]2)cc1. The summed E-state index contributed by atoms with van der Waals surface area (Å²) in [6, 6.07) is 16.8. The minimum atomic E-state index is -0.290. The van der Waals surface area contributed by atoms with Gasteiger partial charge in [0.2, 0.25) is 0 Å². The molecule has 0 bridgehead atoms. The Kier molecular flexibility index (Phi) is 4.99. The number of carbonyl (C=O) groups is 1. The lowest BCUT2D eigenvalue weighted by Crippen LogP contribution is -2.13. The van der Waals surface area contributed by atoms with Crippen LogP contribution in [-0.2, 0) is 6.42 Å². The summed E-state index contributed by atoms with van der Waals surface area (Å²) in [6.07, 6.45) is 0.652. The fourth-order valence-electron chi connectivity index (χ4n) is 2.47. The molecule has 0 atom stereocenters. The predicted molar refractivity (Wildman–Crippen MR) is 95.3 cm³/mol. The number of methoxy groups -OCH3 is 2. The Morgan fingerprint density at radius 1 is 1.08 bits per heavy atom. The van der Waals surface area contributed by atoms with Crippen molar-refractivity contribution in [3.63, 3.8) is 0 Å². The lowest BCUT2D eigenvalue weighted by Gasteiger charge is -2.08. The highest BCUT2D eigenvalue weighted by atomic mass is 16.5. The number of rotatable bonds is 6. The first-order valence-electron chi connectivity index (χ1n) is 7.81. The number of carbonyl (C=O) groups excluding carboxylic acids is 1. The van der Waals surface area contributed by atoms with Crippen LogP contribution in [0.4, 0.5) is 5.69 Å². The molecule has 0 saturated heterocycles. The highest BCUT2D eigenvalue weighted by Gasteiger charge is 2.13. The van der Waals surface area contributed by atoms with E-state index in [1.807, 2.05) is 36.4 Å². The second-order valence-corrected chi connectivity index (χ2v) is 5.46. The monoisotopic (exact) mass is 337 g/mol. The van der Waals surface area contributed by atoms with E-state index < -0.39 is 0 Å². The van der Waals surface area contributed by atoms with E-state index in [-0.39, 0.29) is 5.91 Å². The van der Waals surface area contributed by atoms with Gasteiger partial charge in [-0.2, -0.15) is 5.10 Å². The van der Waals surface area contributed by atoms with Gasteiger partial charge in [0.1, 0.15) is 11.5 Å². The second kappa shape index (κ2) is 7.53. The maximum Gasteiger partial charge on any atom is 0.276 e. The molecular weight excluding hydrogens is 318 g/mol. The summed E-state index contributed by atoms with van der Waals surface area (Å²) >= 11 is 0. The van der Waals surface area contributed by atoms with Gasteiger partial charge in [0.25, 0.3) is 5.91 Å². The Labute approximate surface area is 145 Å². The van der Waals surface area contributed by atoms with Crippen LogP contribution in [0, 0.1) is 0 Å². The fraction of sp³-hybridized carbons (Fsp3) is 0.158. The molecular formula is C19H19N3O3. The van der Waals surface area contributed by atoms with E-state index in [4.69, 9.17) is 9.47 Å². The molecule has 0 unspecified atom stereocenters. The maximum absolute atomic E-state index is 12.4. The van der Waals surface area contributed by atoms with E-state index in [1.165, 1.54) is 0 Å². The lowest BCUT2D eigenvalue weighted by atomic mass is 10.1. The molecule has 0 spiro atoms. The summed E-state index contributed by atoms with van der Waals surface area (Å²) in [5.41, 5.74) is 2.89. The zero-order chi connectivity index (χ0) is 17.6. The summed E-state index contributed by atoms with van der Waals surface area (Å²) < 4.78 is 10.4. The molecule has 1 aromatic heterocycles. The lowest BCUT2D eigenvalue weighted by molar-refractivity contribution is 0.102. The zero-order valence-electron chi connectivity index (χ0n) is 14.1. The summed E-state index contributed by atoms with van der Waals surface area (Å²) in [6.45, 7) is 0. The van der Waals surface area contributed by atoms with Crippen LogP contribution in [0.3, 0.4) is 0 Å². The van der Waals surface area contributed by atoms with Crippen LogP contribution in [0.2, 0.25) is 0 Å². The minimum absolute atomic E-state index is 0.290. The number of nitrogens with zero attached hydrogens (tertiary/aromatic N) is 1. The van der Waals surface area contributed by atoms with Crippen molar-refractivity contribution >= 4 is 11.6 Å². The average molecular weight is 337 g/mol. The molecule has 0 aliphatic heterocycles. The molecule has 6 heteroatoms. The third-order valence-corrected chi connectivity index (χ3v) is 3.77. The van der Waals surface area contributed by atoms with Gasteiger partial charge in [0, 0.05) is 12.1 Å². The van der Waals surface area contributed by atoms with Crippen molar-refractivity contribution in [1.29, 1.82) is 0 Å². The molecule has 2 N–H and O–H groups in total. The van der Waals surface area contributed by atoms with E-state index >= 15 is 0 Å². The van der Waals surface area contributed by atoms with Crippen LogP contribution in [0.25, 0.3) is 0 Å². The number of para-hydroxylation sites is 2. The second-order valence-electron chi connectivity index (χ2n) is 5.46. The molecule has 1 amide bonds. The van der Waals surface area contributed by atoms with Crippen molar-refractivity contribution in [2.24, 2.45) is 0 Å². The molecule has 0 aliphatic rings. The predicted octanol–water partition coefficient (Wildman–Crippen LogP) is 3.27. The first kappa shape index (κ1) is 16.6. The van der Waals surface area contributed by atoms with E-state index in [0.717, 1.165) is 17.0 Å². The van der Waals surface area contributed by atoms with Gasteiger partial charge in [-0.3, -0.25) is 9.89 Å². The van der Waals surface area contributed by atoms with E-state index in [2.05, 4.69) is 15.5 Å². The van der Waals surface area contributed by atoms with Gasteiger partial charge >= 0.3 is 0 Å². The van der Waals surface area contributed by atoms with Crippen LogP contribution >= 0.6 is 0 Å². The molecule has 1 heterocycles. The topological polar surface area (TPSA) is 76.2 Å². The van der Waals surface area contributed by atoms with Gasteiger partial charge in [0.05, 0.1) is 19.9 Å². The fourth-order valence-corrected chi connectivity index (χ4v) is 2.47. The minimum Gasteiger partial charge on any atom is -0.497 e. The normalized spacial score (nSPS) is 10.3. The Morgan fingerprint density at radius 3 is 2.56 bits per heavy atom. The van der Waals surface area contributed by atoms with Crippen molar-refractivity contribution in [1.82, 2.24) is 10.2 Å². The van der Waals surface area contributed by atoms with Crippen molar-refractivity contribution < 1.29 is 14.3 Å². The van der Waals surface area contributed by atoms with Crippen molar-refractivity contribution in [2.45, 2.75) is 6.42 Å². The third-order valence-electron chi connectivity index (χ3n) is 3.77. The molecule has 2 aromatic carbocycles. The number of benzene rings is 2. The first-order valence-corrected chi connectivity index (χ1v) is 7.81. The molecule has 25 heavy (non-hydrogen) atoms. The number of H-pyrrole nitrogens is 1. The Hall–Kier alpha value is -3.28. The van der Waals surface area contributed by atoms with E-state index in [1.54, 1.807) is 32.4 Å². The molecule has 0 fully saturated rings. The Bertz CT molecular complexity index is 856. The summed E-state index contributed by atoms with van der Waals surface area (Å²) in [5, 5.41) is 9.81. The quantitative estimate of drug-likeness (QED) is 0.724. The molecule has 0 aliphatic carbocycles. The molecule has 0 radical (unpaired) electrons. The standard InChI is InChI=1S/C19H19N3O3/c1-24-15-9-7-13(8-10-15)11-14-12-17(22-21-14)19(23)20-16-5-3-4-6-18(16)25-2/h3-10,12H,11H2,1-2H3,(H,20,23)(H,21,22). The van der Waals surface area contributed by atoms with Crippen molar-refractivity contribution in [2.75, 3.05) is 19.5 Å². The van der Waals surface area contributed by atoms with Gasteiger partial charge < -0.3 is 14.8 Å². The Morgan fingerprint density at radius 2 is 1.84 bits per heavy atom. The highest BCUT2D eigenvalue weighted by Crippen LogP contribution is 2.23.